The molecule has 15 heavy (non-hydrogen) atoms. The third-order valence-corrected chi connectivity index (χ3v) is 4.62. The van der Waals surface area contributed by atoms with Crippen LogP contribution in [0.2, 0.25) is 0 Å². The van der Waals surface area contributed by atoms with Crippen LogP contribution in [0.1, 0.15) is 38.7 Å². The molecular weight excluding hydrogens is 184 g/mol. The molecule has 3 unspecified atom stereocenters. The molecule has 1 nitrogen and oxygen atoms in total. The van der Waals surface area contributed by atoms with Crippen molar-refractivity contribution in [2.45, 2.75) is 33.1 Å². The first-order valence-corrected chi connectivity index (χ1v) is 5.69. The van der Waals surface area contributed by atoms with Crippen molar-refractivity contribution in [1.82, 2.24) is 0 Å². The van der Waals surface area contributed by atoms with E-state index in [2.05, 4.69) is 51.1 Å². The van der Waals surface area contributed by atoms with Gasteiger partial charge in [0.15, 0.2) is 0 Å². The Balaban J connectivity index is 2.21. The average Bonchev–Trinajstić information content (AvgIpc) is 2.84. The molecule has 1 fully saturated rings. The first-order valence-electron chi connectivity index (χ1n) is 5.69. The largest absolute Gasteiger partial charge is 0.396 e. The highest BCUT2D eigenvalue weighted by atomic mass is 16.3. The fraction of sp³-hybridized carbons (Fsp3) is 0.571. The highest BCUT2D eigenvalue weighted by molar-refractivity contribution is 5.27. The number of aliphatic hydroxyl groups excluding tert-OH is 1. The third-order valence-electron chi connectivity index (χ3n) is 4.62. The summed E-state index contributed by atoms with van der Waals surface area (Å²) < 4.78 is 0. The molecule has 0 spiro atoms. The zero-order valence-corrected chi connectivity index (χ0v) is 9.83. The van der Waals surface area contributed by atoms with E-state index in [0.717, 1.165) is 6.42 Å². The molecule has 0 saturated heterocycles. The second kappa shape index (κ2) is 3.34. The number of benzene rings is 1. The van der Waals surface area contributed by atoms with Crippen LogP contribution in [-0.2, 0) is 0 Å². The minimum absolute atomic E-state index is 0.127. The summed E-state index contributed by atoms with van der Waals surface area (Å²) in [6, 6.07) is 10.6. The van der Waals surface area contributed by atoms with Gasteiger partial charge < -0.3 is 5.11 Å². The van der Waals surface area contributed by atoms with Gasteiger partial charge in [0.25, 0.3) is 0 Å². The quantitative estimate of drug-likeness (QED) is 0.801. The van der Waals surface area contributed by atoms with Crippen molar-refractivity contribution < 1.29 is 5.11 Å². The smallest absolute Gasteiger partial charge is 0.0490 e. The fourth-order valence-corrected chi connectivity index (χ4v) is 2.79. The predicted octanol–water partition coefficient (Wildman–Crippen LogP) is 3.20. The van der Waals surface area contributed by atoms with Gasteiger partial charge in [-0.25, -0.2) is 0 Å². The highest BCUT2D eigenvalue weighted by Crippen LogP contribution is 2.69. The average molecular weight is 204 g/mol. The highest BCUT2D eigenvalue weighted by Gasteiger charge is 2.62. The van der Waals surface area contributed by atoms with E-state index < -0.39 is 0 Å². The summed E-state index contributed by atoms with van der Waals surface area (Å²) in [7, 11) is 0. The lowest BCUT2D eigenvalue weighted by Gasteiger charge is -2.24. The molecule has 1 aliphatic rings. The van der Waals surface area contributed by atoms with E-state index in [9.17, 15) is 5.11 Å². The molecule has 1 aromatic carbocycles. The number of hydrogen-bond donors (Lipinski definition) is 1. The van der Waals surface area contributed by atoms with Gasteiger partial charge in [-0.3, -0.25) is 0 Å². The van der Waals surface area contributed by atoms with Crippen molar-refractivity contribution in [3.63, 3.8) is 0 Å². The zero-order valence-electron chi connectivity index (χ0n) is 9.83. The maximum Gasteiger partial charge on any atom is 0.0490 e. The molecule has 1 aromatic rings. The van der Waals surface area contributed by atoms with Gasteiger partial charge >= 0.3 is 0 Å². The van der Waals surface area contributed by atoms with Crippen molar-refractivity contribution in [1.29, 1.82) is 0 Å². The summed E-state index contributed by atoms with van der Waals surface area (Å²) in [6.07, 6.45) is 1.13. The number of rotatable bonds is 3. The second-order valence-electron chi connectivity index (χ2n) is 5.45. The SMILES string of the molecule is CC(c1ccccc1)C1(C)CC1(C)CO. The van der Waals surface area contributed by atoms with Gasteiger partial charge in [0.05, 0.1) is 0 Å². The standard InChI is InChI=1S/C14H20O/c1-11(12-7-5-4-6-8-12)14(3)9-13(14,2)10-15/h4-8,11,15H,9-10H2,1-3H3. The van der Waals surface area contributed by atoms with Gasteiger partial charge in [0, 0.05) is 6.61 Å². The summed E-state index contributed by atoms with van der Waals surface area (Å²) in [4.78, 5) is 0. The summed E-state index contributed by atoms with van der Waals surface area (Å²) in [5.41, 5.74) is 1.78. The second-order valence-corrected chi connectivity index (χ2v) is 5.45. The molecule has 82 valence electrons. The van der Waals surface area contributed by atoms with Crippen molar-refractivity contribution in [3.8, 4) is 0 Å². The van der Waals surface area contributed by atoms with Crippen molar-refractivity contribution in [2.24, 2.45) is 10.8 Å². The van der Waals surface area contributed by atoms with Gasteiger partial charge in [-0.2, -0.15) is 0 Å². The summed E-state index contributed by atoms with van der Waals surface area (Å²) in [6.45, 7) is 7.06. The molecule has 3 atom stereocenters. The number of aliphatic hydroxyl groups is 1. The van der Waals surface area contributed by atoms with Crippen LogP contribution in [0.25, 0.3) is 0 Å². The van der Waals surface area contributed by atoms with E-state index in [-0.39, 0.29) is 10.8 Å². The minimum Gasteiger partial charge on any atom is -0.396 e. The van der Waals surface area contributed by atoms with Gasteiger partial charge in [-0.05, 0) is 28.7 Å². The van der Waals surface area contributed by atoms with Crippen LogP contribution < -0.4 is 0 Å². The maximum atomic E-state index is 9.40. The summed E-state index contributed by atoms with van der Waals surface area (Å²) in [5.74, 6) is 0.524. The lowest BCUT2D eigenvalue weighted by molar-refractivity contribution is 0.180. The molecule has 1 heteroatoms. The Kier molecular flexibility index (Phi) is 2.38. The Hall–Kier alpha value is -0.820. The van der Waals surface area contributed by atoms with Crippen LogP contribution in [0, 0.1) is 10.8 Å². The van der Waals surface area contributed by atoms with E-state index in [1.165, 1.54) is 5.56 Å². The Morgan fingerprint density at radius 3 is 2.33 bits per heavy atom. The Morgan fingerprint density at radius 2 is 1.87 bits per heavy atom. The fourth-order valence-electron chi connectivity index (χ4n) is 2.79. The van der Waals surface area contributed by atoms with E-state index in [4.69, 9.17) is 0 Å². The van der Waals surface area contributed by atoms with Crippen LogP contribution in [0.4, 0.5) is 0 Å². The van der Waals surface area contributed by atoms with Crippen LogP contribution in [-0.4, -0.2) is 11.7 Å². The van der Waals surface area contributed by atoms with Crippen molar-refractivity contribution in [3.05, 3.63) is 35.9 Å². The lowest BCUT2D eigenvalue weighted by Crippen LogP contribution is -2.18. The minimum atomic E-state index is 0.127. The normalized spacial score (nSPS) is 36.3. The molecule has 1 aliphatic carbocycles. The molecule has 0 radical (unpaired) electrons. The summed E-state index contributed by atoms with van der Waals surface area (Å²) in [5, 5.41) is 9.40. The van der Waals surface area contributed by atoms with Crippen LogP contribution in [0.3, 0.4) is 0 Å². The van der Waals surface area contributed by atoms with Crippen molar-refractivity contribution in [2.75, 3.05) is 6.61 Å². The molecule has 0 heterocycles. The van der Waals surface area contributed by atoms with Gasteiger partial charge in [-0.1, -0.05) is 51.1 Å². The van der Waals surface area contributed by atoms with Crippen LogP contribution in [0.5, 0.6) is 0 Å². The third kappa shape index (κ3) is 1.50. The Morgan fingerprint density at radius 1 is 1.27 bits per heavy atom. The molecule has 2 rings (SSSR count). The van der Waals surface area contributed by atoms with Crippen molar-refractivity contribution >= 4 is 0 Å². The molecular formula is C14H20O. The lowest BCUT2D eigenvalue weighted by atomic mass is 9.80. The van der Waals surface area contributed by atoms with Crippen LogP contribution in [0.15, 0.2) is 30.3 Å². The first kappa shape index (κ1) is 10.7. The van der Waals surface area contributed by atoms with Crippen LogP contribution >= 0.6 is 0 Å². The Bertz CT molecular complexity index is 346. The van der Waals surface area contributed by atoms with Gasteiger partial charge in [-0.15, -0.1) is 0 Å². The van der Waals surface area contributed by atoms with E-state index >= 15 is 0 Å². The first-order chi connectivity index (χ1) is 7.03. The van der Waals surface area contributed by atoms with E-state index in [1.807, 2.05) is 0 Å². The van der Waals surface area contributed by atoms with E-state index in [0.29, 0.717) is 12.5 Å². The molecule has 0 aromatic heterocycles. The van der Waals surface area contributed by atoms with Gasteiger partial charge in [0.1, 0.15) is 0 Å². The monoisotopic (exact) mass is 204 g/mol. The molecule has 1 saturated carbocycles. The molecule has 0 amide bonds. The molecule has 1 N–H and O–H groups in total. The Labute approximate surface area is 92.1 Å². The summed E-state index contributed by atoms with van der Waals surface area (Å²) >= 11 is 0. The van der Waals surface area contributed by atoms with E-state index in [1.54, 1.807) is 0 Å². The van der Waals surface area contributed by atoms with Gasteiger partial charge in [0.2, 0.25) is 0 Å². The molecule has 0 bridgehead atoms. The topological polar surface area (TPSA) is 20.2 Å². The predicted molar refractivity (Wildman–Crippen MR) is 62.8 cm³/mol. The number of hydrogen-bond acceptors (Lipinski definition) is 1. The maximum absolute atomic E-state index is 9.40. The molecule has 0 aliphatic heterocycles. The zero-order chi connectivity index (χ0) is 11.1.